The fraction of sp³-hybridized carbons (Fsp3) is 0.524. The van der Waals surface area contributed by atoms with Crippen LogP contribution in [0.15, 0.2) is 18.2 Å². The number of carbonyl (C=O) groups excluding carboxylic acids is 4. The fourth-order valence-corrected chi connectivity index (χ4v) is 2.39. The molecule has 10 heteroatoms. The summed E-state index contributed by atoms with van der Waals surface area (Å²) >= 11 is 0. The Kier molecular flexibility index (Phi) is 12.2. The highest BCUT2D eigenvalue weighted by molar-refractivity contribution is 5.96. The van der Waals surface area contributed by atoms with E-state index in [1.54, 1.807) is 19.1 Å². The van der Waals surface area contributed by atoms with Gasteiger partial charge in [0.15, 0.2) is 18.1 Å². The molecule has 0 heterocycles. The molecule has 0 aliphatic rings. The van der Waals surface area contributed by atoms with Crippen molar-refractivity contribution in [2.75, 3.05) is 39.5 Å². The SMILES string of the molecule is CCOC(=O)CCCNC(=O)COC(=O)CNC(=O)c1ccc(OCC)c(OCC)c1. The predicted octanol–water partition coefficient (Wildman–Crippen LogP) is 1.22. The Morgan fingerprint density at radius 3 is 2.23 bits per heavy atom. The lowest BCUT2D eigenvalue weighted by atomic mass is 10.2. The predicted molar refractivity (Wildman–Crippen MR) is 111 cm³/mol. The molecule has 31 heavy (non-hydrogen) atoms. The summed E-state index contributed by atoms with van der Waals surface area (Å²) in [5.41, 5.74) is 0.291. The molecule has 0 saturated carbocycles. The third-order valence-corrected chi connectivity index (χ3v) is 3.75. The first kappa shape index (κ1) is 25.7. The van der Waals surface area contributed by atoms with Crippen LogP contribution in [0.3, 0.4) is 0 Å². The Balaban J connectivity index is 2.35. The Morgan fingerprint density at radius 1 is 0.839 bits per heavy atom. The van der Waals surface area contributed by atoms with E-state index in [4.69, 9.17) is 18.9 Å². The molecule has 0 radical (unpaired) electrons. The number of esters is 2. The highest BCUT2D eigenvalue weighted by atomic mass is 16.5. The topological polar surface area (TPSA) is 129 Å². The molecule has 0 unspecified atom stereocenters. The van der Waals surface area contributed by atoms with E-state index in [-0.39, 0.29) is 18.9 Å². The van der Waals surface area contributed by atoms with Gasteiger partial charge in [-0.25, -0.2) is 0 Å². The van der Waals surface area contributed by atoms with Crippen molar-refractivity contribution in [1.29, 1.82) is 0 Å². The van der Waals surface area contributed by atoms with E-state index in [1.165, 1.54) is 6.07 Å². The van der Waals surface area contributed by atoms with Crippen LogP contribution in [0.5, 0.6) is 11.5 Å². The number of ether oxygens (including phenoxy) is 4. The van der Waals surface area contributed by atoms with Crippen molar-refractivity contribution < 1.29 is 38.1 Å². The molecule has 0 atom stereocenters. The zero-order chi connectivity index (χ0) is 23.1. The van der Waals surface area contributed by atoms with Crippen LogP contribution in [0.2, 0.25) is 0 Å². The lowest BCUT2D eigenvalue weighted by Gasteiger charge is -2.12. The Labute approximate surface area is 181 Å². The summed E-state index contributed by atoms with van der Waals surface area (Å²) in [5.74, 6) is -1.14. The van der Waals surface area contributed by atoms with Crippen LogP contribution in [-0.2, 0) is 23.9 Å². The summed E-state index contributed by atoms with van der Waals surface area (Å²) in [6, 6.07) is 4.70. The average molecular weight is 438 g/mol. The van der Waals surface area contributed by atoms with Gasteiger partial charge in [0.1, 0.15) is 6.54 Å². The van der Waals surface area contributed by atoms with E-state index in [0.29, 0.717) is 43.3 Å². The summed E-state index contributed by atoms with van der Waals surface area (Å²) in [4.78, 5) is 46.8. The maximum absolute atomic E-state index is 12.3. The molecule has 0 saturated heterocycles. The van der Waals surface area contributed by atoms with Crippen molar-refractivity contribution in [3.05, 3.63) is 23.8 Å². The van der Waals surface area contributed by atoms with E-state index in [2.05, 4.69) is 10.6 Å². The summed E-state index contributed by atoms with van der Waals surface area (Å²) in [5, 5.41) is 4.95. The lowest BCUT2D eigenvalue weighted by Crippen LogP contribution is -2.34. The highest BCUT2D eigenvalue weighted by Gasteiger charge is 2.14. The van der Waals surface area contributed by atoms with Gasteiger partial charge in [0.2, 0.25) is 0 Å². The van der Waals surface area contributed by atoms with Gasteiger partial charge in [0.25, 0.3) is 11.8 Å². The second kappa shape index (κ2) is 14.6. The van der Waals surface area contributed by atoms with Crippen molar-refractivity contribution in [3.63, 3.8) is 0 Å². The first-order valence-electron chi connectivity index (χ1n) is 10.2. The normalized spacial score (nSPS) is 10.0. The van der Waals surface area contributed by atoms with E-state index in [1.807, 2.05) is 13.8 Å². The van der Waals surface area contributed by atoms with Gasteiger partial charge < -0.3 is 29.6 Å². The van der Waals surface area contributed by atoms with Gasteiger partial charge in [-0.2, -0.15) is 0 Å². The quantitative estimate of drug-likeness (QED) is 0.328. The molecule has 0 fully saturated rings. The molecule has 0 aromatic heterocycles. The van der Waals surface area contributed by atoms with Gasteiger partial charge in [-0.15, -0.1) is 0 Å². The Morgan fingerprint density at radius 2 is 1.55 bits per heavy atom. The minimum atomic E-state index is -0.758. The van der Waals surface area contributed by atoms with E-state index < -0.39 is 30.9 Å². The molecule has 172 valence electrons. The number of nitrogens with one attached hydrogen (secondary N) is 2. The fourth-order valence-electron chi connectivity index (χ4n) is 2.39. The summed E-state index contributed by atoms with van der Waals surface area (Å²) in [7, 11) is 0. The number of hydrogen-bond acceptors (Lipinski definition) is 8. The summed E-state index contributed by atoms with van der Waals surface area (Å²) < 4.78 is 20.5. The van der Waals surface area contributed by atoms with Crippen LogP contribution in [0.25, 0.3) is 0 Å². The third kappa shape index (κ3) is 10.3. The van der Waals surface area contributed by atoms with Gasteiger partial charge >= 0.3 is 11.9 Å². The minimum absolute atomic E-state index is 0.191. The molecule has 0 bridgehead atoms. The second-order valence-corrected chi connectivity index (χ2v) is 6.13. The molecule has 1 aromatic rings. The molecule has 10 nitrogen and oxygen atoms in total. The van der Waals surface area contributed by atoms with Crippen LogP contribution >= 0.6 is 0 Å². The lowest BCUT2D eigenvalue weighted by molar-refractivity contribution is -0.147. The minimum Gasteiger partial charge on any atom is -0.490 e. The molecule has 2 N–H and O–H groups in total. The number of hydrogen-bond donors (Lipinski definition) is 2. The van der Waals surface area contributed by atoms with Crippen LogP contribution < -0.4 is 20.1 Å². The number of carbonyl (C=O) groups is 4. The second-order valence-electron chi connectivity index (χ2n) is 6.13. The van der Waals surface area contributed by atoms with E-state index in [9.17, 15) is 19.2 Å². The zero-order valence-electron chi connectivity index (χ0n) is 18.2. The molecule has 0 aliphatic heterocycles. The van der Waals surface area contributed by atoms with Gasteiger partial charge in [0, 0.05) is 18.5 Å². The Hall–Kier alpha value is -3.30. The monoisotopic (exact) mass is 438 g/mol. The zero-order valence-corrected chi connectivity index (χ0v) is 18.2. The maximum Gasteiger partial charge on any atom is 0.325 e. The van der Waals surface area contributed by atoms with Crippen molar-refractivity contribution in [1.82, 2.24) is 10.6 Å². The summed E-state index contributed by atoms with van der Waals surface area (Å²) in [6.45, 7) is 5.92. The van der Waals surface area contributed by atoms with Crippen LogP contribution in [0.4, 0.5) is 0 Å². The first-order chi connectivity index (χ1) is 14.9. The molecular weight excluding hydrogens is 408 g/mol. The van der Waals surface area contributed by atoms with Crippen molar-refractivity contribution in [3.8, 4) is 11.5 Å². The van der Waals surface area contributed by atoms with Crippen molar-refractivity contribution >= 4 is 23.8 Å². The number of amides is 2. The molecule has 2 amide bonds. The Bertz CT molecular complexity index is 751. The largest absolute Gasteiger partial charge is 0.490 e. The smallest absolute Gasteiger partial charge is 0.325 e. The van der Waals surface area contributed by atoms with E-state index >= 15 is 0 Å². The first-order valence-corrected chi connectivity index (χ1v) is 10.2. The van der Waals surface area contributed by atoms with Crippen molar-refractivity contribution in [2.45, 2.75) is 33.6 Å². The van der Waals surface area contributed by atoms with Gasteiger partial charge in [-0.3, -0.25) is 19.2 Å². The van der Waals surface area contributed by atoms with Gasteiger partial charge in [0.05, 0.1) is 19.8 Å². The third-order valence-electron chi connectivity index (χ3n) is 3.75. The van der Waals surface area contributed by atoms with Crippen LogP contribution in [-0.4, -0.2) is 63.3 Å². The average Bonchev–Trinajstić information content (AvgIpc) is 2.75. The summed E-state index contributed by atoms with van der Waals surface area (Å²) in [6.07, 6.45) is 0.608. The molecular formula is C21H30N2O8. The van der Waals surface area contributed by atoms with Gasteiger partial charge in [-0.05, 0) is 45.4 Å². The molecule has 1 aromatic carbocycles. The van der Waals surface area contributed by atoms with Crippen LogP contribution in [0.1, 0.15) is 44.0 Å². The number of rotatable bonds is 14. The number of benzene rings is 1. The van der Waals surface area contributed by atoms with Crippen LogP contribution in [0, 0.1) is 0 Å². The standard InChI is InChI=1S/C21H30N2O8/c1-4-28-16-10-9-15(12-17(16)29-5-2)21(27)23-13-20(26)31-14-18(24)22-11-7-8-19(25)30-6-3/h9-10,12H,4-8,11,13-14H2,1-3H3,(H,22,24)(H,23,27). The maximum atomic E-state index is 12.3. The molecule has 0 spiro atoms. The van der Waals surface area contributed by atoms with E-state index in [0.717, 1.165) is 0 Å². The molecule has 0 aliphatic carbocycles. The molecule has 1 rings (SSSR count). The van der Waals surface area contributed by atoms with Crippen molar-refractivity contribution in [2.24, 2.45) is 0 Å². The van der Waals surface area contributed by atoms with Gasteiger partial charge in [-0.1, -0.05) is 0 Å². The highest BCUT2D eigenvalue weighted by Crippen LogP contribution is 2.28.